The molecule has 3 rings (SSSR count). The van der Waals surface area contributed by atoms with Crippen molar-refractivity contribution in [1.29, 1.82) is 0 Å². The maximum atomic E-state index is 12.5. The first-order chi connectivity index (χ1) is 10.2. The Hall–Kier alpha value is -2.17. The van der Waals surface area contributed by atoms with E-state index in [9.17, 15) is 4.79 Å². The number of nitrogens with zero attached hydrogens (tertiary/aromatic N) is 4. The number of likely N-dealkylation sites (tertiary alicyclic amines) is 1. The summed E-state index contributed by atoms with van der Waals surface area (Å²) in [6, 6.07) is 10.2. The summed E-state index contributed by atoms with van der Waals surface area (Å²) in [5.74, 6) is 0.690. The molecule has 0 aliphatic carbocycles. The van der Waals surface area contributed by atoms with Gasteiger partial charge in [0.25, 0.3) is 0 Å². The number of hydrogen-bond donors (Lipinski definition) is 0. The maximum Gasteiger partial charge on any atom is 0.247 e. The van der Waals surface area contributed by atoms with Gasteiger partial charge in [0.05, 0.1) is 0 Å². The number of amides is 1. The number of benzene rings is 1. The van der Waals surface area contributed by atoms with E-state index >= 15 is 0 Å². The van der Waals surface area contributed by atoms with Crippen LogP contribution in [0, 0.1) is 5.92 Å². The Kier molecular flexibility index (Phi) is 3.99. The molecule has 0 N–H and O–H groups in total. The normalized spacial score (nSPS) is 19.7. The van der Waals surface area contributed by atoms with Gasteiger partial charge < -0.3 is 4.90 Å². The number of hydrogen-bond acceptors (Lipinski definition) is 3. The molecule has 1 aromatic heterocycles. The summed E-state index contributed by atoms with van der Waals surface area (Å²) in [5.41, 5.74) is 1.35. The van der Waals surface area contributed by atoms with Crippen molar-refractivity contribution in [2.75, 3.05) is 13.1 Å². The van der Waals surface area contributed by atoms with Crippen molar-refractivity contribution in [1.82, 2.24) is 19.7 Å². The zero-order valence-electron chi connectivity index (χ0n) is 12.2. The van der Waals surface area contributed by atoms with Crippen molar-refractivity contribution >= 4 is 5.91 Å². The third kappa shape index (κ3) is 3.12. The lowest BCUT2D eigenvalue weighted by Gasteiger charge is -2.21. The molecule has 1 aromatic carbocycles. The highest BCUT2D eigenvalue weighted by Gasteiger charge is 2.29. The average molecular weight is 284 g/mol. The summed E-state index contributed by atoms with van der Waals surface area (Å²) in [6.45, 7) is 3.56. The predicted octanol–water partition coefficient (Wildman–Crippen LogP) is 1.93. The predicted molar refractivity (Wildman–Crippen MR) is 79.6 cm³/mol. The van der Waals surface area contributed by atoms with Crippen LogP contribution in [0.5, 0.6) is 0 Å². The number of carbonyl (C=O) groups is 1. The van der Waals surface area contributed by atoms with Gasteiger partial charge in [0.15, 0.2) is 0 Å². The maximum absolute atomic E-state index is 12.5. The summed E-state index contributed by atoms with van der Waals surface area (Å²) < 4.78 is 1.62. The van der Waals surface area contributed by atoms with Gasteiger partial charge in [0.2, 0.25) is 5.91 Å². The Labute approximate surface area is 124 Å². The van der Waals surface area contributed by atoms with Crippen LogP contribution in [0.4, 0.5) is 0 Å². The number of carbonyl (C=O) groups excluding carboxylic acids is 1. The molecule has 1 saturated heterocycles. The summed E-state index contributed by atoms with van der Waals surface area (Å²) in [4.78, 5) is 18.3. The molecular weight excluding hydrogens is 264 g/mol. The molecule has 1 amide bonds. The largest absolute Gasteiger partial charge is 0.341 e. The molecule has 1 fully saturated rings. The topological polar surface area (TPSA) is 51.0 Å². The SMILES string of the molecule is CC(C(=O)N1CCC(Cc2ccccc2)C1)n1cncn1. The van der Waals surface area contributed by atoms with Gasteiger partial charge in [-0.2, -0.15) is 5.10 Å². The lowest BCUT2D eigenvalue weighted by atomic mass is 9.99. The van der Waals surface area contributed by atoms with Crippen molar-refractivity contribution < 1.29 is 4.79 Å². The molecule has 1 aliphatic rings. The van der Waals surface area contributed by atoms with Crippen molar-refractivity contribution in [3.05, 3.63) is 48.5 Å². The van der Waals surface area contributed by atoms with Crippen LogP contribution in [-0.2, 0) is 11.2 Å². The molecule has 2 heterocycles. The molecule has 0 bridgehead atoms. The lowest BCUT2D eigenvalue weighted by Crippen LogP contribution is -2.35. The molecule has 5 nitrogen and oxygen atoms in total. The Bertz CT molecular complexity index is 582. The van der Waals surface area contributed by atoms with Gasteiger partial charge in [0.1, 0.15) is 18.7 Å². The van der Waals surface area contributed by atoms with Crippen LogP contribution in [0.2, 0.25) is 0 Å². The quantitative estimate of drug-likeness (QED) is 0.862. The smallest absolute Gasteiger partial charge is 0.247 e. The van der Waals surface area contributed by atoms with E-state index in [2.05, 4.69) is 34.3 Å². The minimum atomic E-state index is -0.275. The molecule has 0 radical (unpaired) electrons. The molecular formula is C16H20N4O. The van der Waals surface area contributed by atoms with E-state index in [1.807, 2.05) is 17.9 Å². The van der Waals surface area contributed by atoms with Crippen molar-refractivity contribution in [3.63, 3.8) is 0 Å². The molecule has 0 spiro atoms. The summed E-state index contributed by atoms with van der Waals surface area (Å²) in [5, 5.41) is 4.05. The van der Waals surface area contributed by atoms with E-state index < -0.39 is 0 Å². The average Bonchev–Trinajstić information content (AvgIpc) is 3.18. The van der Waals surface area contributed by atoms with E-state index in [4.69, 9.17) is 0 Å². The van der Waals surface area contributed by atoms with E-state index in [-0.39, 0.29) is 11.9 Å². The molecule has 2 atom stereocenters. The fourth-order valence-corrected chi connectivity index (χ4v) is 2.94. The molecule has 5 heteroatoms. The Morgan fingerprint density at radius 1 is 1.38 bits per heavy atom. The van der Waals surface area contributed by atoms with Crippen LogP contribution in [0.15, 0.2) is 43.0 Å². The molecule has 2 unspecified atom stereocenters. The zero-order valence-corrected chi connectivity index (χ0v) is 12.2. The first kappa shape index (κ1) is 13.8. The zero-order chi connectivity index (χ0) is 14.7. The molecule has 0 saturated carbocycles. The Morgan fingerprint density at radius 3 is 2.90 bits per heavy atom. The van der Waals surface area contributed by atoms with Crippen molar-refractivity contribution in [2.45, 2.75) is 25.8 Å². The lowest BCUT2D eigenvalue weighted by molar-refractivity contribution is -0.133. The highest BCUT2D eigenvalue weighted by Crippen LogP contribution is 2.23. The summed E-state index contributed by atoms with van der Waals surface area (Å²) in [7, 11) is 0. The third-order valence-electron chi connectivity index (χ3n) is 4.16. The van der Waals surface area contributed by atoms with Gasteiger partial charge in [0, 0.05) is 13.1 Å². The van der Waals surface area contributed by atoms with Gasteiger partial charge in [-0.1, -0.05) is 30.3 Å². The molecule has 21 heavy (non-hydrogen) atoms. The van der Waals surface area contributed by atoms with Crippen LogP contribution < -0.4 is 0 Å². The molecule has 1 aliphatic heterocycles. The first-order valence-corrected chi connectivity index (χ1v) is 7.41. The minimum Gasteiger partial charge on any atom is -0.341 e. The van der Waals surface area contributed by atoms with Gasteiger partial charge in [-0.3, -0.25) is 4.79 Å². The number of aromatic nitrogens is 3. The van der Waals surface area contributed by atoms with Crippen LogP contribution in [0.3, 0.4) is 0 Å². The second-order valence-corrected chi connectivity index (χ2v) is 5.68. The van der Waals surface area contributed by atoms with Crippen LogP contribution in [-0.4, -0.2) is 38.7 Å². The molecule has 2 aromatic rings. The number of rotatable bonds is 4. The summed E-state index contributed by atoms with van der Waals surface area (Å²) in [6.07, 6.45) is 5.18. The van der Waals surface area contributed by atoms with E-state index in [0.29, 0.717) is 5.92 Å². The summed E-state index contributed by atoms with van der Waals surface area (Å²) >= 11 is 0. The standard InChI is InChI=1S/C16H20N4O/c1-13(20-12-17-11-18-20)16(21)19-8-7-15(10-19)9-14-5-3-2-4-6-14/h2-6,11-13,15H,7-10H2,1H3. The van der Waals surface area contributed by atoms with E-state index in [1.165, 1.54) is 11.9 Å². The fraction of sp³-hybridized carbons (Fsp3) is 0.438. The highest BCUT2D eigenvalue weighted by atomic mass is 16.2. The highest BCUT2D eigenvalue weighted by molar-refractivity contribution is 5.80. The monoisotopic (exact) mass is 284 g/mol. The fourth-order valence-electron chi connectivity index (χ4n) is 2.94. The minimum absolute atomic E-state index is 0.135. The second kappa shape index (κ2) is 6.08. The van der Waals surface area contributed by atoms with E-state index in [0.717, 1.165) is 25.9 Å². The van der Waals surface area contributed by atoms with Crippen molar-refractivity contribution in [2.24, 2.45) is 5.92 Å². The first-order valence-electron chi connectivity index (χ1n) is 7.41. The third-order valence-corrected chi connectivity index (χ3v) is 4.16. The molecule has 110 valence electrons. The van der Waals surface area contributed by atoms with Gasteiger partial charge >= 0.3 is 0 Å². The van der Waals surface area contributed by atoms with Crippen LogP contribution in [0.1, 0.15) is 24.9 Å². The van der Waals surface area contributed by atoms with Crippen LogP contribution >= 0.6 is 0 Å². The van der Waals surface area contributed by atoms with Gasteiger partial charge in [-0.15, -0.1) is 0 Å². The Morgan fingerprint density at radius 2 is 2.19 bits per heavy atom. The second-order valence-electron chi connectivity index (χ2n) is 5.68. The van der Waals surface area contributed by atoms with Gasteiger partial charge in [-0.25, -0.2) is 9.67 Å². The Balaban J connectivity index is 1.58. The van der Waals surface area contributed by atoms with E-state index in [1.54, 1.807) is 11.0 Å². The van der Waals surface area contributed by atoms with Gasteiger partial charge in [-0.05, 0) is 31.2 Å². The van der Waals surface area contributed by atoms with Crippen LogP contribution in [0.25, 0.3) is 0 Å². The van der Waals surface area contributed by atoms with Crippen molar-refractivity contribution in [3.8, 4) is 0 Å².